The van der Waals surface area contributed by atoms with Crippen LogP contribution in [0.3, 0.4) is 0 Å². The summed E-state index contributed by atoms with van der Waals surface area (Å²) in [7, 11) is 1.73. The summed E-state index contributed by atoms with van der Waals surface area (Å²) in [5.41, 5.74) is 5.65. The molecule has 3 amide bonds. The Hall–Kier alpha value is -2.58. The van der Waals surface area contributed by atoms with E-state index in [1.54, 1.807) is 24.1 Å². The Balaban J connectivity index is 2.44. The van der Waals surface area contributed by atoms with Crippen molar-refractivity contribution in [3.8, 4) is 0 Å². The summed E-state index contributed by atoms with van der Waals surface area (Å²) in [5.74, 6) is -2.13. The fourth-order valence-electron chi connectivity index (χ4n) is 1.36. The lowest BCUT2D eigenvalue weighted by Gasteiger charge is -2.13. The van der Waals surface area contributed by atoms with Crippen molar-refractivity contribution < 1.29 is 19.5 Å². The molecule has 0 aliphatic carbocycles. The zero-order valence-electron chi connectivity index (χ0n) is 10.3. The van der Waals surface area contributed by atoms with Crippen LogP contribution in [0.4, 0.5) is 4.79 Å². The normalized spacial score (nSPS) is 11.6. The number of urea groups is 1. The van der Waals surface area contributed by atoms with E-state index in [0.29, 0.717) is 0 Å². The van der Waals surface area contributed by atoms with E-state index >= 15 is 0 Å². The summed E-state index contributed by atoms with van der Waals surface area (Å²) >= 11 is 0. The average Bonchev–Trinajstić information content (AvgIpc) is 2.71. The molecule has 0 bridgehead atoms. The highest BCUT2D eigenvalue weighted by Crippen LogP contribution is 1.96. The minimum Gasteiger partial charge on any atom is -0.480 e. The van der Waals surface area contributed by atoms with Gasteiger partial charge in [-0.1, -0.05) is 0 Å². The quantitative estimate of drug-likeness (QED) is 0.500. The minimum atomic E-state index is -1.34. The Morgan fingerprint density at radius 3 is 2.68 bits per heavy atom. The van der Waals surface area contributed by atoms with Gasteiger partial charge in [0.25, 0.3) is 0 Å². The lowest BCUT2D eigenvalue weighted by atomic mass is 10.2. The first-order valence-corrected chi connectivity index (χ1v) is 5.41. The zero-order valence-corrected chi connectivity index (χ0v) is 10.3. The van der Waals surface area contributed by atoms with Crippen molar-refractivity contribution in [3.05, 3.63) is 18.0 Å². The molecule has 0 aromatic carbocycles. The van der Waals surface area contributed by atoms with Crippen LogP contribution in [0, 0.1) is 0 Å². The summed E-state index contributed by atoms with van der Waals surface area (Å²) in [6, 6.07) is -2.04. The van der Waals surface area contributed by atoms with Crippen LogP contribution in [-0.2, 0) is 23.2 Å². The van der Waals surface area contributed by atoms with Crippen LogP contribution in [0.2, 0.25) is 0 Å². The largest absolute Gasteiger partial charge is 0.480 e. The van der Waals surface area contributed by atoms with Gasteiger partial charge in [0.15, 0.2) is 0 Å². The van der Waals surface area contributed by atoms with Crippen LogP contribution in [0.25, 0.3) is 0 Å². The minimum absolute atomic E-state index is 0.197. The number of carbonyl (C=O) groups excluding carboxylic acids is 2. The van der Waals surface area contributed by atoms with Gasteiger partial charge in [-0.2, -0.15) is 5.10 Å². The number of nitrogens with one attached hydrogen (secondary N) is 2. The SMILES string of the molecule is Cn1cc(CNC(=O)N[C@@H](CC(N)=O)C(=O)O)cn1. The number of aryl methyl sites for hydroxylation is 1. The maximum atomic E-state index is 11.5. The molecule has 1 atom stereocenters. The smallest absolute Gasteiger partial charge is 0.326 e. The molecule has 104 valence electrons. The first-order chi connectivity index (χ1) is 8.88. The second kappa shape index (κ2) is 6.38. The molecule has 9 heteroatoms. The van der Waals surface area contributed by atoms with E-state index in [1.807, 2.05) is 0 Å². The van der Waals surface area contributed by atoms with Crippen LogP contribution in [0.15, 0.2) is 12.4 Å². The van der Waals surface area contributed by atoms with E-state index in [2.05, 4.69) is 15.7 Å². The molecule has 19 heavy (non-hydrogen) atoms. The van der Waals surface area contributed by atoms with Crippen molar-refractivity contribution in [3.63, 3.8) is 0 Å². The third kappa shape index (κ3) is 5.06. The number of carboxylic acids is 1. The fourth-order valence-corrected chi connectivity index (χ4v) is 1.36. The van der Waals surface area contributed by atoms with Gasteiger partial charge in [-0.15, -0.1) is 0 Å². The predicted molar refractivity (Wildman–Crippen MR) is 63.8 cm³/mol. The molecule has 0 fully saturated rings. The first-order valence-electron chi connectivity index (χ1n) is 5.41. The molecule has 9 nitrogen and oxygen atoms in total. The van der Waals surface area contributed by atoms with Gasteiger partial charge >= 0.3 is 12.0 Å². The Kier molecular flexibility index (Phi) is 4.86. The van der Waals surface area contributed by atoms with Crippen molar-refractivity contribution in [2.75, 3.05) is 0 Å². The zero-order chi connectivity index (χ0) is 14.4. The lowest BCUT2D eigenvalue weighted by Crippen LogP contribution is -2.47. The third-order valence-electron chi connectivity index (χ3n) is 2.22. The van der Waals surface area contributed by atoms with Gasteiger partial charge < -0.3 is 21.5 Å². The van der Waals surface area contributed by atoms with E-state index in [1.165, 1.54) is 0 Å². The molecule has 0 spiro atoms. The third-order valence-corrected chi connectivity index (χ3v) is 2.22. The van der Waals surface area contributed by atoms with Crippen LogP contribution < -0.4 is 16.4 Å². The molecule has 0 saturated heterocycles. The second-order valence-corrected chi connectivity index (χ2v) is 3.91. The number of amides is 3. The number of aliphatic carboxylic acids is 1. The first kappa shape index (κ1) is 14.5. The number of carbonyl (C=O) groups is 3. The van der Waals surface area contributed by atoms with Crippen molar-refractivity contribution in [2.24, 2.45) is 12.8 Å². The van der Waals surface area contributed by atoms with Crippen molar-refractivity contribution in [1.82, 2.24) is 20.4 Å². The van der Waals surface area contributed by atoms with Gasteiger partial charge in [0.05, 0.1) is 12.6 Å². The maximum absolute atomic E-state index is 11.5. The Morgan fingerprint density at radius 1 is 1.53 bits per heavy atom. The Labute approximate surface area is 108 Å². The van der Waals surface area contributed by atoms with E-state index < -0.39 is 30.4 Å². The molecular weight excluding hydrogens is 254 g/mol. The summed E-state index contributed by atoms with van der Waals surface area (Å²) in [5, 5.41) is 17.3. The van der Waals surface area contributed by atoms with Gasteiger partial charge in [-0.05, 0) is 0 Å². The second-order valence-electron chi connectivity index (χ2n) is 3.91. The summed E-state index contributed by atoms with van der Waals surface area (Å²) < 4.78 is 1.57. The van der Waals surface area contributed by atoms with E-state index in [9.17, 15) is 14.4 Å². The number of hydrogen-bond donors (Lipinski definition) is 4. The monoisotopic (exact) mass is 269 g/mol. The molecule has 1 aromatic heterocycles. The lowest BCUT2D eigenvalue weighted by molar-refractivity contribution is -0.140. The van der Waals surface area contributed by atoms with E-state index in [4.69, 9.17) is 10.8 Å². The van der Waals surface area contributed by atoms with Crippen LogP contribution in [0.5, 0.6) is 0 Å². The number of nitrogens with zero attached hydrogens (tertiary/aromatic N) is 2. The molecule has 5 N–H and O–H groups in total. The van der Waals surface area contributed by atoms with E-state index in [-0.39, 0.29) is 6.54 Å². The number of rotatable bonds is 6. The highest BCUT2D eigenvalue weighted by atomic mass is 16.4. The van der Waals surface area contributed by atoms with Gasteiger partial charge in [0.1, 0.15) is 6.04 Å². The topological polar surface area (TPSA) is 139 Å². The molecule has 0 aliphatic heterocycles. The number of primary amides is 1. The maximum Gasteiger partial charge on any atom is 0.326 e. The molecule has 1 heterocycles. The highest BCUT2D eigenvalue weighted by Gasteiger charge is 2.21. The van der Waals surface area contributed by atoms with E-state index in [0.717, 1.165) is 5.56 Å². The molecule has 1 rings (SSSR count). The summed E-state index contributed by atoms with van der Waals surface area (Å²) in [6.45, 7) is 0.197. The van der Waals surface area contributed by atoms with Crippen molar-refractivity contribution in [1.29, 1.82) is 0 Å². The average molecular weight is 269 g/mol. The number of aromatic nitrogens is 2. The van der Waals surface area contributed by atoms with Gasteiger partial charge in [0, 0.05) is 25.4 Å². The number of hydrogen-bond acceptors (Lipinski definition) is 4. The molecule has 0 saturated carbocycles. The predicted octanol–water partition coefficient (Wildman–Crippen LogP) is -1.45. The number of nitrogens with two attached hydrogens (primary N) is 1. The molecular formula is C10H15N5O4. The van der Waals surface area contributed by atoms with Crippen molar-refractivity contribution >= 4 is 17.9 Å². The van der Waals surface area contributed by atoms with Crippen molar-refractivity contribution in [2.45, 2.75) is 19.0 Å². The van der Waals surface area contributed by atoms with Gasteiger partial charge in [-0.3, -0.25) is 9.48 Å². The molecule has 1 aromatic rings. The Morgan fingerprint density at radius 2 is 2.21 bits per heavy atom. The van der Waals surface area contributed by atoms with Crippen LogP contribution in [0.1, 0.15) is 12.0 Å². The Bertz CT molecular complexity index is 484. The molecule has 0 aliphatic rings. The van der Waals surface area contributed by atoms with Gasteiger partial charge in [-0.25, -0.2) is 9.59 Å². The molecule has 0 unspecified atom stereocenters. The molecule has 0 radical (unpaired) electrons. The number of carboxylic acid groups (broad SMARTS) is 1. The summed E-state index contributed by atoms with van der Waals surface area (Å²) in [6.07, 6.45) is 2.81. The summed E-state index contributed by atoms with van der Waals surface area (Å²) in [4.78, 5) is 32.9. The fraction of sp³-hybridized carbons (Fsp3) is 0.400. The van der Waals surface area contributed by atoms with Gasteiger partial charge in [0.2, 0.25) is 5.91 Å². The standard InChI is InChI=1S/C10H15N5O4/c1-15-5-6(4-13-15)3-12-10(19)14-7(9(17)18)2-8(11)16/h4-5,7H,2-3H2,1H3,(H2,11,16)(H,17,18)(H2,12,14,19)/t7-/m0/s1. The van der Waals surface area contributed by atoms with Crippen LogP contribution in [-0.4, -0.2) is 38.8 Å². The van der Waals surface area contributed by atoms with Crippen LogP contribution >= 0.6 is 0 Å². The highest BCUT2D eigenvalue weighted by molar-refractivity contribution is 5.87.